The Labute approximate surface area is 178 Å². The van der Waals surface area contributed by atoms with Crippen LogP contribution in [0.2, 0.25) is 0 Å². The number of hydrogen-bond acceptors (Lipinski definition) is 6. The molecule has 1 fully saturated rings. The van der Waals surface area contributed by atoms with Crippen molar-refractivity contribution < 1.29 is 9.15 Å². The average Bonchev–Trinajstić information content (AvgIpc) is 3.33. The molecule has 3 aromatic rings. The Balaban J connectivity index is 1.48. The first-order valence-corrected chi connectivity index (χ1v) is 10.9. The van der Waals surface area contributed by atoms with Gasteiger partial charge in [-0.2, -0.15) is 5.10 Å². The number of rotatable bonds is 7. The van der Waals surface area contributed by atoms with Gasteiger partial charge in [-0.1, -0.05) is 32.0 Å². The Kier molecular flexibility index (Phi) is 5.93. The summed E-state index contributed by atoms with van der Waals surface area (Å²) in [7, 11) is 1.77. The molecule has 0 bridgehead atoms. The van der Waals surface area contributed by atoms with Gasteiger partial charge in [0, 0.05) is 36.4 Å². The van der Waals surface area contributed by atoms with Gasteiger partial charge in [0.15, 0.2) is 5.69 Å². The summed E-state index contributed by atoms with van der Waals surface area (Å²) < 4.78 is 13.5. The van der Waals surface area contributed by atoms with E-state index >= 15 is 0 Å². The summed E-state index contributed by atoms with van der Waals surface area (Å²) >= 11 is 0. The van der Waals surface area contributed by atoms with E-state index in [-0.39, 0.29) is 11.5 Å². The molecule has 1 aliphatic rings. The largest absolute Gasteiger partial charge is 0.419 e. The zero-order valence-electron chi connectivity index (χ0n) is 18.8. The first-order valence-electron chi connectivity index (χ1n) is 10.9. The molecule has 1 saturated heterocycles. The lowest BCUT2D eigenvalue weighted by Gasteiger charge is -2.36. The van der Waals surface area contributed by atoms with Gasteiger partial charge in [-0.15, -0.1) is 10.2 Å². The fraction of sp³-hybridized carbons (Fsp3) is 0.609. The highest BCUT2D eigenvalue weighted by Gasteiger charge is 2.29. The van der Waals surface area contributed by atoms with Crippen molar-refractivity contribution in [2.45, 2.75) is 52.5 Å². The molecule has 30 heavy (non-hydrogen) atoms. The molecule has 0 spiro atoms. The average molecular weight is 412 g/mol. The molecule has 0 unspecified atom stereocenters. The molecule has 7 nitrogen and oxygen atoms in total. The van der Waals surface area contributed by atoms with E-state index in [2.05, 4.69) is 54.9 Å². The van der Waals surface area contributed by atoms with Crippen LogP contribution in [0.5, 0.6) is 0 Å². The molecule has 1 aromatic carbocycles. The molecule has 0 N–H and O–H groups in total. The van der Waals surface area contributed by atoms with Crippen LogP contribution in [0.25, 0.3) is 22.5 Å². The minimum absolute atomic E-state index is 0.162. The Morgan fingerprint density at radius 2 is 1.90 bits per heavy atom. The number of benzene rings is 1. The quantitative estimate of drug-likeness (QED) is 0.569. The van der Waals surface area contributed by atoms with E-state index < -0.39 is 0 Å². The molecule has 0 saturated carbocycles. The topological polar surface area (TPSA) is 69.2 Å². The van der Waals surface area contributed by atoms with E-state index in [9.17, 15) is 0 Å². The van der Waals surface area contributed by atoms with Crippen molar-refractivity contribution in [2.24, 2.45) is 5.41 Å². The predicted octanol–water partition coefficient (Wildman–Crippen LogP) is 4.52. The normalized spacial score (nSPS) is 16.7. The number of para-hydroxylation sites is 1. The van der Waals surface area contributed by atoms with Gasteiger partial charge in [-0.05, 0) is 45.8 Å². The fourth-order valence-corrected chi connectivity index (χ4v) is 4.52. The minimum Gasteiger partial charge on any atom is -0.419 e. The van der Waals surface area contributed by atoms with Crippen LogP contribution in [-0.4, -0.2) is 58.2 Å². The Hall–Kier alpha value is -2.25. The fourth-order valence-electron chi connectivity index (χ4n) is 4.52. The second-order valence-corrected chi connectivity index (χ2v) is 9.50. The van der Waals surface area contributed by atoms with E-state index in [0.717, 1.165) is 61.6 Å². The van der Waals surface area contributed by atoms with Crippen molar-refractivity contribution in [1.82, 2.24) is 24.9 Å². The summed E-state index contributed by atoms with van der Waals surface area (Å²) in [5.41, 5.74) is 2.03. The third-order valence-corrected chi connectivity index (χ3v) is 5.87. The van der Waals surface area contributed by atoms with Crippen molar-refractivity contribution in [3.8, 4) is 11.6 Å². The molecule has 0 atom stereocenters. The number of methoxy groups -OCH3 is 1. The van der Waals surface area contributed by atoms with Gasteiger partial charge in [0.05, 0.1) is 12.1 Å². The number of aromatic nitrogens is 4. The highest BCUT2D eigenvalue weighted by atomic mass is 16.5. The lowest BCUT2D eigenvalue weighted by atomic mass is 9.91. The van der Waals surface area contributed by atoms with Crippen LogP contribution in [0.4, 0.5) is 0 Å². The van der Waals surface area contributed by atoms with Crippen LogP contribution >= 0.6 is 0 Å². The number of fused-ring (bicyclic) bond motifs is 1. The maximum Gasteiger partial charge on any atom is 0.268 e. The summed E-state index contributed by atoms with van der Waals surface area (Å²) in [5, 5.41) is 14.6. The second kappa shape index (κ2) is 8.47. The third-order valence-electron chi connectivity index (χ3n) is 5.87. The monoisotopic (exact) mass is 411 g/mol. The van der Waals surface area contributed by atoms with Crippen LogP contribution in [0.3, 0.4) is 0 Å². The SMILES string of the molecule is COCC(C)(C)CN1CCC(c2nnc(-c3nn(C(C)C)c4ccccc34)o2)CC1. The summed E-state index contributed by atoms with van der Waals surface area (Å²) in [6, 6.07) is 8.48. The van der Waals surface area contributed by atoms with Crippen molar-refractivity contribution in [3.05, 3.63) is 30.2 Å². The van der Waals surface area contributed by atoms with Crippen molar-refractivity contribution in [1.29, 1.82) is 0 Å². The van der Waals surface area contributed by atoms with Crippen LogP contribution in [0.1, 0.15) is 58.4 Å². The van der Waals surface area contributed by atoms with E-state index in [0.29, 0.717) is 11.8 Å². The molecule has 1 aliphatic heterocycles. The van der Waals surface area contributed by atoms with Crippen LogP contribution in [0, 0.1) is 5.41 Å². The molecule has 2 aromatic heterocycles. The molecular formula is C23H33N5O2. The highest BCUT2D eigenvalue weighted by Crippen LogP contribution is 2.33. The van der Waals surface area contributed by atoms with Gasteiger partial charge in [0.2, 0.25) is 5.89 Å². The molecule has 4 rings (SSSR count). The number of hydrogen-bond donors (Lipinski definition) is 0. The Morgan fingerprint density at radius 1 is 1.17 bits per heavy atom. The summed E-state index contributed by atoms with van der Waals surface area (Å²) in [6.07, 6.45) is 2.07. The van der Waals surface area contributed by atoms with E-state index in [1.54, 1.807) is 7.11 Å². The maximum absolute atomic E-state index is 6.15. The molecule has 0 amide bonds. The van der Waals surface area contributed by atoms with Crippen molar-refractivity contribution >= 4 is 10.9 Å². The lowest BCUT2D eigenvalue weighted by Crippen LogP contribution is -2.41. The number of ether oxygens (including phenoxy) is 1. The Bertz CT molecular complexity index is 983. The number of piperidine rings is 1. The van der Waals surface area contributed by atoms with Gasteiger partial charge >= 0.3 is 0 Å². The molecule has 7 heteroatoms. The standard InChI is InChI=1S/C23H33N5O2/c1-16(2)28-19-9-7-6-8-18(19)20(26-28)22-25-24-21(30-22)17-10-12-27(13-11-17)14-23(3,4)15-29-5/h6-9,16-17H,10-15H2,1-5H3. The Morgan fingerprint density at radius 3 is 2.60 bits per heavy atom. The maximum atomic E-state index is 6.15. The summed E-state index contributed by atoms with van der Waals surface area (Å²) in [5.74, 6) is 1.57. The van der Waals surface area contributed by atoms with Gasteiger partial charge in [0.25, 0.3) is 5.89 Å². The zero-order valence-corrected chi connectivity index (χ0v) is 18.8. The number of likely N-dealkylation sites (tertiary alicyclic amines) is 1. The predicted molar refractivity (Wildman–Crippen MR) is 117 cm³/mol. The lowest BCUT2D eigenvalue weighted by molar-refractivity contribution is 0.0599. The zero-order chi connectivity index (χ0) is 21.3. The van der Waals surface area contributed by atoms with Crippen LogP contribution in [-0.2, 0) is 4.74 Å². The van der Waals surface area contributed by atoms with Gasteiger partial charge < -0.3 is 14.1 Å². The van der Waals surface area contributed by atoms with E-state index in [4.69, 9.17) is 14.3 Å². The van der Waals surface area contributed by atoms with E-state index in [1.165, 1.54) is 0 Å². The third kappa shape index (κ3) is 4.27. The smallest absolute Gasteiger partial charge is 0.268 e. The molecule has 0 aliphatic carbocycles. The molecule has 0 radical (unpaired) electrons. The molecule has 3 heterocycles. The summed E-state index contributed by atoms with van der Waals surface area (Å²) in [6.45, 7) is 12.7. The van der Waals surface area contributed by atoms with Crippen molar-refractivity contribution in [2.75, 3.05) is 33.4 Å². The van der Waals surface area contributed by atoms with E-state index in [1.807, 2.05) is 16.8 Å². The first-order chi connectivity index (χ1) is 14.4. The molecule has 162 valence electrons. The first kappa shape index (κ1) is 21.0. The second-order valence-electron chi connectivity index (χ2n) is 9.50. The van der Waals surface area contributed by atoms with Crippen LogP contribution < -0.4 is 0 Å². The van der Waals surface area contributed by atoms with Gasteiger partial charge in [0.1, 0.15) is 0 Å². The van der Waals surface area contributed by atoms with Gasteiger partial charge in [-0.3, -0.25) is 4.68 Å². The molecular weight excluding hydrogens is 378 g/mol. The number of nitrogens with zero attached hydrogens (tertiary/aromatic N) is 5. The highest BCUT2D eigenvalue weighted by molar-refractivity contribution is 5.91. The van der Waals surface area contributed by atoms with Crippen molar-refractivity contribution in [3.63, 3.8) is 0 Å². The minimum atomic E-state index is 0.162. The van der Waals surface area contributed by atoms with Gasteiger partial charge in [-0.25, -0.2) is 0 Å². The summed E-state index contributed by atoms with van der Waals surface area (Å²) in [4.78, 5) is 2.52. The van der Waals surface area contributed by atoms with Crippen LogP contribution in [0.15, 0.2) is 28.7 Å².